The smallest absolute Gasteiger partial charge is 0.232 e. The minimum atomic E-state index is -0.202. The van der Waals surface area contributed by atoms with Crippen LogP contribution in [0.5, 0.6) is 0 Å². The van der Waals surface area contributed by atoms with Crippen LogP contribution in [0.3, 0.4) is 0 Å². The molecular formula is C15H15BrN2O. The topological polar surface area (TPSA) is 42.0 Å². The fourth-order valence-electron chi connectivity index (χ4n) is 1.74. The molecule has 0 spiro atoms. The molecule has 0 aliphatic carbocycles. The normalized spacial score (nSPS) is 11.9. The van der Waals surface area contributed by atoms with E-state index >= 15 is 0 Å². The average molecular weight is 319 g/mol. The molecule has 1 heterocycles. The molecule has 98 valence electrons. The minimum Gasteiger partial charge on any atom is -0.310 e. The van der Waals surface area contributed by atoms with E-state index in [9.17, 15) is 4.79 Å². The molecule has 0 bridgehead atoms. The molecule has 0 aliphatic rings. The Bertz CT molecular complexity index is 584. The second-order valence-electron chi connectivity index (χ2n) is 4.39. The maximum absolute atomic E-state index is 12.1. The SMILES string of the molecule is Cc1nc(NC(=O)C(C)c2ccccc2)ccc1Br. The van der Waals surface area contributed by atoms with Crippen molar-refractivity contribution in [3.05, 3.63) is 58.2 Å². The van der Waals surface area contributed by atoms with Crippen LogP contribution in [0.4, 0.5) is 5.82 Å². The Morgan fingerprint density at radius 3 is 2.53 bits per heavy atom. The summed E-state index contributed by atoms with van der Waals surface area (Å²) in [6, 6.07) is 13.4. The van der Waals surface area contributed by atoms with Crippen molar-refractivity contribution in [2.45, 2.75) is 19.8 Å². The van der Waals surface area contributed by atoms with Crippen LogP contribution in [0, 0.1) is 6.92 Å². The second-order valence-corrected chi connectivity index (χ2v) is 5.24. The van der Waals surface area contributed by atoms with E-state index in [0.717, 1.165) is 15.7 Å². The van der Waals surface area contributed by atoms with Crippen LogP contribution in [0.2, 0.25) is 0 Å². The van der Waals surface area contributed by atoms with Gasteiger partial charge < -0.3 is 5.32 Å². The summed E-state index contributed by atoms with van der Waals surface area (Å²) in [7, 11) is 0. The lowest BCUT2D eigenvalue weighted by atomic mass is 10.0. The van der Waals surface area contributed by atoms with E-state index in [2.05, 4.69) is 26.2 Å². The van der Waals surface area contributed by atoms with Crippen molar-refractivity contribution in [2.24, 2.45) is 0 Å². The van der Waals surface area contributed by atoms with Gasteiger partial charge >= 0.3 is 0 Å². The van der Waals surface area contributed by atoms with Crippen LogP contribution in [0.15, 0.2) is 46.9 Å². The van der Waals surface area contributed by atoms with E-state index in [1.165, 1.54) is 0 Å². The van der Waals surface area contributed by atoms with Gasteiger partial charge in [0, 0.05) is 4.47 Å². The minimum absolute atomic E-state index is 0.0552. The highest BCUT2D eigenvalue weighted by molar-refractivity contribution is 9.10. The zero-order chi connectivity index (χ0) is 13.8. The fraction of sp³-hybridized carbons (Fsp3) is 0.200. The largest absolute Gasteiger partial charge is 0.310 e. The highest BCUT2D eigenvalue weighted by Crippen LogP contribution is 2.19. The fourth-order valence-corrected chi connectivity index (χ4v) is 1.96. The summed E-state index contributed by atoms with van der Waals surface area (Å²) in [5, 5.41) is 2.84. The number of rotatable bonds is 3. The number of benzene rings is 1. The first-order valence-electron chi connectivity index (χ1n) is 6.07. The number of amides is 1. The monoisotopic (exact) mass is 318 g/mol. The quantitative estimate of drug-likeness (QED) is 0.932. The molecule has 0 saturated heterocycles. The molecule has 0 aliphatic heterocycles. The summed E-state index contributed by atoms with van der Waals surface area (Å²) in [5.41, 5.74) is 1.85. The van der Waals surface area contributed by atoms with Crippen LogP contribution in [-0.2, 0) is 4.79 Å². The van der Waals surface area contributed by atoms with Crippen LogP contribution in [-0.4, -0.2) is 10.9 Å². The molecule has 1 atom stereocenters. The predicted octanol–water partition coefficient (Wildman–Crippen LogP) is 3.89. The third kappa shape index (κ3) is 3.41. The van der Waals surface area contributed by atoms with Gasteiger partial charge in [-0.25, -0.2) is 4.98 Å². The van der Waals surface area contributed by atoms with Gasteiger partial charge in [-0.1, -0.05) is 30.3 Å². The number of hydrogen-bond acceptors (Lipinski definition) is 2. The lowest BCUT2D eigenvalue weighted by Crippen LogP contribution is -2.19. The van der Waals surface area contributed by atoms with Gasteiger partial charge in [-0.3, -0.25) is 4.79 Å². The van der Waals surface area contributed by atoms with E-state index in [0.29, 0.717) is 5.82 Å². The van der Waals surface area contributed by atoms with E-state index < -0.39 is 0 Å². The van der Waals surface area contributed by atoms with Crippen molar-refractivity contribution in [3.8, 4) is 0 Å². The van der Waals surface area contributed by atoms with Gasteiger partial charge in [0.1, 0.15) is 5.82 Å². The molecule has 3 nitrogen and oxygen atoms in total. The van der Waals surface area contributed by atoms with Crippen LogP contribution in [0.25, 0.3) is 0 Å². The molecule has 0 saturated carbocycles. The number of carbonyl (C=O) groups is 1. The van der Waals surface area contributed by atoms with Gasteiger partial charge in [0.15, 0.2) is 0 Å². The Morgan fingerprint density at radius 2 is 1.89 bits per heavy atom. The number of hydrogen-bond donors (Lipinski definition) is 1. The van der Waals surface area contributed by atoms with Crippen molar-refractivity contribution >= 4 is 27.7 Å². The molecule has 1 aromatic heterocycles. The highest BCUT2D eigenvalue weighted by Gasteiger charge is 2.15. The molecule has 1 aromatic carbocycles. The molecule has 4 heteroatoms. The number of carbonyl (C=O) groups excluding carboxylic acids is 1. The Hall–Kier alpha value is -1.68. The number of anilines is 1. The van der Waals surface area contributed by atoms with Crippen molar-refractivity contribution < 1.29 is 4.79 Å². The standard InChI is InChI=1S/C15H15BrN2O/c1-10(12-6-4-3-5-7-12)15(19)18-14-9-8-13(16)11(2)17-14/h3-10H,1-2H3,(H,17,18,19). The lowest BCUT2D eigenvalue weighted by molar-refractivity contribution is -0.117. The Labute approximate surface area is 121 Å². The first kappa shape index (κ1) is 13.7. The van der Waals surface area contributed by atoms with E-state index in [4.69, 9.17) is 0 Å². The number of nitrogens with one attached hydrogen (secondary N) is 1. The number of aryl methyl sites for hydroxylation is 1. The van der Waals surface area contributed by atoms with Gasteiger partial charge in [-0.05, 0) is 47.5 Å². The third-order valence-corrected chi connectivity index (χ3v) is 3.80. The zero-order valence-corrected chi connectivity index (χ0v) is 12.4. The van der Waals surface area contributed by atoms with Crippen molar-refractivity contribution in [1.29, 1.82) is 0 Å². The number of halogens is 1. The molecule has 1 amide bonds. The first-order chi connectivity index (χ1) is 9.08. The van der Waals surface area contributed by atoms with E-state index in [-0.39, 0.29) is 11.8 Å². The Kier molecular flexibility index (Phi) is 4.32. The molecule has 2 aromatic rings. The summed E-state index contributed by atoms with van der Waals surface area (Å²) in [5.74, 6) is 0.320. The van der Waals surface area contributed by atoms with Gasteiger partial charge in [0.2, 0.25) is 5.91 Å². The second kappa shape index (κ2) is 5.97. The van der Waals surface area contributed by atoms with Crippen molar-refractivity contribution in [2.75, 3.05) is 5.32 Å². The predicted molar refractivity (Wildman–Crippen MR) is 80.2 cm³/mol. The van der Waals surface area contributed by atoms with E-state index in [1.807, 2.05) is 50.2 Å². The summed E-state index contributed by atoms with van der Waals surface area (Å²) in [6.07, 6.45) is 0. The van der Waals surface area contributed by atoms with E-state index in [1.54, 1.807) is 6.07 Å². The van der Waals surface area contributed by atoms with Crippen molar-refractivity contribution in [3.63, 3.8) is 0 Å². The summed E-state index contributed by atoms with van der Waals surface area (Å²) < 4.78 is 0.932. The molecule has 1 N–H and O–H groups in total. The number of nitrogens with zero attached hydrogens (tertiary/aromatic N) is 1. The van der Waals surface area contributed by atoms with Gasteiger partial charge in [-0.15, -0.1) is 0 Å². The maximum atomic E-state index is 12.1. The average Bonchev–Trinajstić information content (AvgIpc) is 2.43. The molecule has 2 rings (SSSR count). The van der Waals surface area contributed by atoms with Gasteiger partial charge in [-0.2, -0.15) is 0 Å². The molecule has 19 heavy (non-hydrogen) atoms. The Balaban J connectivity index is 2.10. The van der Waals surface area contributed by atoms with Crippen LogP contribution in [0.1, 0.15) is 24.1 Å². The Morgan fingerprint density at radius 1 is 1.21 bits per heavy atom. The molecular weight excluding hydrogens is 304 g/mol. The highest BCUT2D eigenvalue weighted by atomic mass is 79.9. The lowest BCUT2D eigenvalue weighted by Gasteiger charge is -2.12. The van der Waals surface area contributed by atoms with Gasteiger partial charge in [0.05, 0.1) is 11.6 Å². The summed E-state index contributed by atoms with van der Waals surface area (Å²) in [6.45, 7) is 3.77. The first-order valence-corrected chi connectivity index (χ1v) is 6.86. The van der Waals surface area contributed by atoms with Gasteiger partial charge in [0.25, 0.3) is 0 Å². The summed E-state index contributed by atoms with van der Waals surface area (Å²) in [4.78, 5) is 16.5. The summed E-state index contributed by atoms with van der Waals surface area (Å²) >= 11 is 3.39. The zero-order valence-electron chi connectivity index (χ0n) is 10.9. The maximum Gasteiger partial charge on any atom is 0.232 e. The van der Waals surface area contributed by atoms with Crippen molar-refractivity contribution in [1.82, 2.24) is 4.98 Å². The molecule has 1 unspecified atom stereocenters. The number of pyridine rings is 1. The third-order valence-electron chi connectivity index (χ3n) is 2.97. The van der Waals surface area contributed by atoms with Crippen LogP contribution >= 0.6 is 15.9 Å². The molecule has 0 fully saturated rings. The molecule has 0 radical (unpaired) electrons. The van der Waals surface area contributed by atoms with Crippen LogP contribution < -0.4 is 5.32 Å². The number of aromatic nitrogens is 1.